The SMILES string of the molecule is O=C(CC(c1ccc(Cl)cc1)N1C(=O)C2C3C=CC(C3)C2C1=O)NC1CCCCC1. The number of halogens is 1. The van der Waals surface area contributed by atoms with Gasteiger partial charge in [0.1, 0.15) is 0 Å². The topological polar surface area (TPSA) is 66.5 Å². The Balaban J connectivity index is 1.40. The van der Waals surface area contributed by atoms with Crippen LogP contribution in [0.25, 0.3) is 0 Å². The molecule has 3 fully saturated rings. The van der Waals surface area contributed by atoms with Crippen LogP contribution in [0.4, 0.5) is 0 Å². The van der Waals surface area contributed by atoms with Crippen LogP contribution in [0.1, 0.15) is 56.6 Å². The summed E-state index contributed by atoms with van der Waals surface area (Å²) in [5.41, 5.74) is 0.778. The van der Waals surface area contributed by atoms with Gasteiger partial charge in [0.05, 0.1) is 24.3 Å². The van der Waals surface area contributed by atoms with E-state index in [9.17, 15) is 14.4 Å². The van der Waals surface area contributed by atoms with Crippen LogP contribution in [-0.2, 0) is 14.4 Å². The zero-order chi connectivity index (χ0) is 20.8. The van der Waals surface area contributed by atoms with E-state index in [1.807, 2.05) is 12.1 Å². The molecule has 30 heavy (non-hydrogen) atoms. The van der Waals surface area contributed by atoms with Gasteiger partial charge in [-0.05, 0) is 48.8 Å². The third-order valence-corrected chi connectivity index (χ3v) is 7.67. The van der Waals surface area contributed by atoms with Crippen LogP contribution in [0.2, 0.25) is 5.02 Å². The molecule has 5 rings (SSSR count). The van der Waals surface area contributed by atoms with E-state index in [0.717, 1.165) is 37.7 Å². The maximum absolute atomic E-state index is 13.4. The van der Waals surface area contributed by atoms with Crippen molar-refractivity contribution in [3.05, 3.63) is 47.0 Å². The van der Waals surface area contributed by atoms with Gasteiger partial charge in [-0.2, -0.15) is 0 Å². The highest BCUT2D eigenvalue weighted by molar-refractivity contribution is 6.30. The molecule has 4 aliphatic rings. The Morgan fingerprint density at radius 1 is 1.00 bits per heavy atom. The van der Waals surface area contributed by atoms with E-state index in [0.29, 0.717) is 5.02 Å². The van der Waals surface area contributed by atoms with Crippen LogP contribution < -0.4 is 5.32 Å². The second-order valence-corrected chi connectivity index (χ2v) is 9.66. The predicted octanol–water partition coefficient (Wildman–Crippen LogP) is 4.03. The number of hydrogen-bond donors (Lipinski definition) is 1. The minimum Gasteiger partial charge on any atom is -0.353 e. The van der Waals surface area contributed by atoms with Crippen molar-refractivity contribution < 1.29 is 14.4 Å². The molecule has 5 atom stereocenters. The molecule has 1 aromatic carbocycles. The highest BCUT2D eigenvalue weighted by atomic mass is 35.5. The molecule has 3 amide bonds. The zero-order valence-corrected chi connectivity index (χ0v) is 17.7. The molecule has 5 nitrogen and oxygen atoms in total. The van der Waals surface area contributed by atoms with Gasteiger partial charge in [0.15, 0.2) is 0 Å². The molecule has 0 radical (unpaired) electrons. The van der Waals surface area contributed by atoms with Crippen molar-refractivity contribution in [1.29, 1.82) is 0 Å². The largest absolute Gasteiger partial charge is 0.353 e. The summed E-state index contributed by atoms with van der Waals surface area (Å²) in [7, 11) is 0. The van der Waals surface area contributed by atoms with Gasteiger partial charge >= 0.3 is 0 Å². The molecule has 3 aliphatic carbocycles. The standard InChI is InChI=1S/C24H27ClN2O3/c25-17-10-8-14(9-11-17)19(13-20(28)26-18-4-2-1-3-5-18)27-23(29)21-15-6-7-16(12-15)22(21)24(27)30/h6-11,15-16,18-19,21-22H,1-5,12-13H2,(H,26,28). The van der Waals surface area contributed by atoms with Crippen molar-refractivity contribution in [3.63, 3.8) is 0 Å². The van der Waals surface area contributed by atoms with E-state index in [4.69, 9.17) is 11.6 Å². The number of carbonyl (C=O) groups excluding carboxylic acids is 3. The smallest absolute Gasteiger partial charge is 0.234 e. The number of fused-ring (bicyclic) bond motifs is 5. The van der Waals surface area contributed by atoms with Gasteiger partial charge in [0, 0.05) is 11.1 Å². The van der Waals surface area contributed by atoms with Crippen LogP contribution >= 0.6 is 11.6 Å². The molecule has 1 heterocycles. The van der Waals surface area contributed by atoms with Crippen LogP contribution in [0.3, 0.4) is 0 Å². The summed E-state index contributed by atoms with van der Waals surface area (Å²) in [4.78, 5) is 41.0. The first-order valence-electron chi connectivity index (χ1n) is 11.1. The van der Waals surface area contributed by atoms with Crippen LogP contribution in [0.15, 0.2) is 36.4 Å². The van der Waals surface area contributed by atoms with Crippen molar-refractivity contribution in [3.8, 4) is 0 Å². The maximum atomic E-state index is 13.4. The second-order valence-electron chi connectivity index (χ2n) is 9.22. The van der Waals surface area contributed by atoms with Crippen LogP contribution in [0, 0.1) is 23.7 Å². The summed E-state index contributed by atoms with van der Waals surface area (Å²) in [6.45, 7) is 0. The minimum atomic E-state index is -0.587. The number of imide groups is 1. The lowest BCUT2D eigenvalue weighted by Crippen LogP contribution is -2.42. The number of allylic oxidation sites excluding steroid dienone is 2. The molecular weight excluding hydrogens is 400 g/mol. The van der Waals surface area contributed by atoms with Crippen molar-refractivity contribution in [1.82, 2.24) is 10.2 Å². The predicted molar refractivity (Wildman–Crippen MR) is 113 cm³/mol. The van der Waals surface area contributed by atoms with Gasteiger partial charge in [-0.25, -0.2) is 0 Å². The number of carbonyl (C=O) groups is 3. The summed E-state index contributed by atoms with van der Waals surface area (Å²) in [6.07, 6.45) is 10.7. The number of likely N-dealkylation sites (tertiary alicyclic amines) is 1. The van der Waals surface area contributed by atoms with Gasteiger partial charge in [0.2, 0.25) is 17.7 Å². The summed E-state index contributed by atoms with van der Waals surface area (Å²) in [5.74, 6) is -0.542. The number of hydrogen-bond acceptors (Lipinski definition) is 3. The summed E-state index contributed by atoms with van der Waals surface area (Å²) in [5, 5.41) is 3.72. The van der Waals surface area contributed by atoms with E-state index in [2.05, 4.69) is 17.5 Å². The highest BCUT2D eigenvalue weighted by Crippen LogP contribution is 2.54. The van der Waals surface area contributed by atoms with Gasteiger partial charge in [-0.3, -0.25) is 19.3 Å². The molecule has 1 N–H and O–H groups in total. The van der Waals surface area contributed by atoms with Crippen molar-refractivity contribution in [2.75, 3.05) is 0 Å². The van der Waals surface area contributed by atoms with E-state index in [1.54, 1.807) is 12.1 Å². The lowest BCUT2D eigenvalue weighted by atomic mass is 9.85. The monoisotopic (exact) mass is 426 g/mol. The number of benzene rings is 1. The molecule has 2 bridgehead atoms. The Hall–Kier alpha value is -2.14. The van der Waals surface area contributed by atoms with Gasteiger partial charge in [0.25, 0.3) is 0 Å². The minimum absolute atomic E-state index is 0.0951. The Morgan fingerprint density at radius 3 is 2.20 bits per heavy atom. The summed E-state index contributed by atoms with van der Waals surface area (Å²) >= 11 is 6.06. The highest BCUT2D eigenvalue weighted by Gasteiger charge is 2.60. The normalized spacial score (nSPS) is 31.3. The average molecular weight is 427 g/mol. The fourth-order valence-electron chi connectivity index (χ4n) is 5.98. The quantitative estimate of drug-likeness (QED) is 0.571. The Labute approximate surface area is 181 Å². The van der Waals surface area contributed by atoms with Gasteiger partial charge in [-0.15, -0.1) is 0 Å². The van der Waals surface area contributed by atoms with E-state index < -0.39 is 6.04 Å². The lowest BCUT2D eigenvalue weighted by molar-refractivity contribution is -0.144. The molecule has 1 aromatic rings. The van der Waals surface area contributed by atoms with Gasteiger partial charge in [-0.1, -0.05) is 55.1 Å². The molecule has 1 saturated heterocycles. The maximum Gasteiger partial charge on any atom is 0.234 e. The van der Waals surface area contributed by atoms with E-state index in [-0.39, 0.29) is 53.9 Å². The zero-order valence-electron chi connectivity index (χ0n) is 16.9. The first-order valence-corrected chi connectivity index (χ1v) is 11.5. The van der Waals surface area contributed by atoms with Gasteiger partial charge < -0.3 is 5.32 Å². The van der Waals surface area contributed by atoms with Crippen molar-refractivity contribution in [2.45, 2.75) is 57.0 Å². The van der Waals surface area contributed by atoms with Crippen LogP contribution in [0.5, 0.6) is 0 Å². The average Bonchev–Trinajstić information content (AvgIpc) is 3.42. The number of rotatable bonds is 5. The third-order valence-electron chi connectivity index (χ3n) is 7.42. The molecule has 1 aliphatic heterocycles. The van der Waals surface area contributed by atoms with Crippen molar-refractivity contribution >= 4 is 29.3 Å². The molecule has 0 spiro atoms. The second kappa shape index (κ2) is 7.84. The van der Waals surface area contributed by atoms with E-state index >= 15 is 0 Å². The molecule has 158 valence electrons. The number of amides is 3. The summed E-state index contributed by atoms with van der Waals surface area (Å²) in [6, 6.07) is 6.75. The molecule has 6 heteroatoms. The first kappa shape index (κ1) is 19.8. The molecule has 5 unspecified atom stereocenters. The third kappa shape index (κ3) is 3.37. The Morgan fingerprint density at radius 2 is 1.60 bits per heavy atom. The number of nitrogens with zero attached hydrogens (tertiary/aromatic N) is 1. The fourth-order valence-corrected chi connectivity index (χ4v) is 6.11. The first-order chi connectivity index (χ1) is 14.5. The Bertz CT molecular complexity index is 860. The lowest BCUT2D eigenvalue weighted by Gasteiger charge is -2.29. The molecule has 0 aromatic heterocycles. The number of nitrogens with one attached hydrogen (secondary N) is 1. The van der Waals surface area contributed by atoms with E-state index in [1.165, 1.54) is 11.3 Å². The van der Waals surface area contributed by atoms with Crippen molar-refractivity contribution in [2.24, 2.45) is 23.7 Å². The Kier molecular flexibility index (Phi) is 5.18. The fraction of sp³-hybridized carbons (Fsp3) is 0.542. The molecular formula is C24H27ClN2O3. The molecule has 2 saturated carbocycles. The summed E-state index contributed by atoms with van der Waals surface area (Å²) < 4.78 is 0. The van der Waals surface area contributed by atoms with Crippen LogP contribution in [-0.4, -0.2) is 28.7 Å².